The van der Waals surface area contributed by atoms with Gasteiger partial charge in [-0.05, 0) is 69.9 Å². The number of carbonyl (C=O) groups excluding carboxylic acids is 3. The summed E-state index contributed by atoms with van der Waals surface area (Å²) in [6.07, 6.45) is 12.1. The van der Waals surface area contributed by atoms with Crippen LogP contribution in [-0.2, 0) is 69.5 Å². The number of ketones is 1. The molecule has 4 heterocycles. The quantitative estimate of drug-likeness (QED) is 0.0796. The molecule has 0 saturated heterocycles. The second-order valence-electron chi connectivity index (χ2n) is 17.1. The van der Waals surface area contributed by atoms with Crippen molar-refractivity contribution in [3.63, 3.8) is 0 Å². The number of amides is 2. The number of Topliss-reactive ketones (excluding diaryl/α,β-unsaturated/α-hetero) is 1. The topological polar surface area (TPSA) is 184 Å². The summed E-state index contributed by atoms with van der Waals surface area (Å²) in [5.41, 5.74) is 12.7. The molecule has 348 valence electrons. The lowest BCUT2D eigenvalue weighted by atomic mass is 10.0. The highest BCUT2D eigenvalue weighted by atomic mass is 32.8. The summed E-state index contributed by atoms with van der Waals surface area (Å²) in [4.78, 5) is 57.4. The fourth-order valence-corrected chi connectivity index (χ4v) is 7.13. The van der Waals surface area contributed by atoms with Crippen LogP contribution in [-0.4, -0.2) is 85.5 Å². The molecule has 2 amide bonds. The zero-order valence-electron chi connectivity index (χ0n) is 39.2. The highest BCUT2D eigenvalue weighted by Crippen LogP contribution is 2.25. The largest absolute Gasteiger partial charge is 0.475 e. The Kier molecular flexibility index (Phi) is 17.8. The number of aromatic carboxylic acids is 1. The van der Waals surface area contributed by atoms with Crippen molar-refractivity contribution in [1.29, 1.82) is 0 Å². The maximum absolute atomic E-state index is 12.9. The van der Waals surface area contributed by atoms with Gasteiger partial charge >= 0.3 is 5.97 Å². The van der Waals surface area contributed by atoms with Gasteiger partial charge in [0.05, 0.1) is 0 Å². The molecule has 6 rings (SSSR count). The lowest BCUT2D eigenvalue weighted by molar-refractivity contribution is 0.0679. The Balaban J connectivity index is 0.000000249. The van der Waals surface area contributed by atoms with Gasteiger partial charge in [0.2, 0.25) is 5.82 Å². The molecule has 0 radical (unpaired) electrons. The van der Waals surface area contributed by atoms with Gasteiger partial charge in [0.15, 0.2) is 23.2 Å². The standard InChI is InChI=1S/C24H30N4O2S2.C18H18N4O3.C5H13NS2/c1-16-7-9-17(10-8-16)18-13-19(27(4)14-18)23(30)26-21-15-28(5)22(25-21)20(29)11-12-24(2,3)32(6)31;1-11-4-6-12(7-5-11)13-8-14(21(2)9-13)17(23)20-15-10-22(3)16(19-15)18(24)25;1-5(2,4-6)8(3)7/h7-10,13-15H,11-12H2,1-6H3,(H,26,30);4-10H,1-3H3,(H,20,23)(H,24,25);4,6H2,1-3H3. The number of imidazole rings is 2. The number of carboxylic acids is 1. The first-order valence-electron chi connectivity index (χ1n) is 20.6. The van der Waals surface area contributed by atoms with E-state index in [0.717, 1.165) is 22.3 Å². The monoisotopic (exact) mass is 959 g/mol. The molecular weight excluding hydrogens is 899 g/mol. The normalized spacial score (nSPS) is 12.3. The highest BCUT2D eigenvalue weighted by molar-refractivity contribution is 8.29. The number of aromatic nitrogens is 6. The number of nitrogens with one attached hydrogen (secondary N) is 2. The van der Waals surface area contributed by atoms with Crippen molar-refractivity contribution in [3.8, 4) is 22.3 Å². The number of aryl methyl sites for hydroxylation is 6. The predicted octanol–water partition coefficient (Wildman–Crippen LogP) is 7.56. The average Bonchev–Trinajstić information content (AvgIpc) is 4.02. The van der Waals surface area contributed by atoms with Crippen LogP contribution in [0.4, 0.5) is 11.6 Å². The summed E-state index contributed by atoms with van der Waals surface area (Å²) in [7, 11) is 6.77. The average molecular weight is 960 g/mol. The fourth-order valence-electron chi connectivity index (χ4n) is 6.05. The molecule has 18 heteroatoms. The first-order valence-corrected chi connectivity index (χ1v) is 25.7. The minimum atomic E-state index is -1.15. The van der Waals surface area contributed by atoms with Crippen molar-refractivity contribution < 1.29 is 24.3 Å². The van der Waals surface area contributed by atoms with Crippen LogP contribution in [0.25, 0.3) is 22.3 Å². The van der Waals surface area contributed by atoms with Gasteiger partial charge < -0.3 is 39.7 Å². The molecule has 2 atom stereocenters. The number of nitrogens with two attached hydrogens (primary N) is 1. The van der Waals surface area contributed by atoms with Gasteiger partial charge in [0.25, 0.3) is 11.8 Å². The lowest BCUT2D eigenvalue weighted by Gasteiger charge is -2.23. The molecule has 65 heavy (non-hydrogen) atoms. The third-order valence-corrected chi connectivity index (χ3v) is 17.1. The van der Waals surface area contributed by atoms with E-state index >= 15 is 0 Å². The van der Waals surface area contributed by atoms with Crippen molar-refractivity contribution in [3.05, 3.63) is 120 Å². The molecule has 0 bridgehead atoms. The van der Waals surface area contributed by atoms with Gasteiger partial charge in [-0.15, -0.1) is 18.9 Å². The number of carboxylic acid groups (broad SMARTS) is 1. The number of rotatable bonds is 14. The molecule has 6 aromatic rings. The molecular formula is C47H61N9O5S4. The van der Waals surface area contributed by atoms with E-state index in [1.165, 1.54) is 21.9 Å². The molecule has 0 saturated carbocycles. The maximum Gasteiger partial charge on any atom is 0.372 e. The van der Waals surface area contributed by atoms with Crippen molar-refractivity contribution in [2.45, 2.75) is 63.9 Å². The van der Waals surface area contributed by atoms with Crippen LogP contribution >= 0.6 is 0 Å². The number of hydrogen-bond acceptors (Lipinski definition) is 9. The van der Waals surface area contributed by atoms with E-state index in [-0.39, 0.29) is 57.6 Å². The zero-order valence-corrected chi connectivity index (χ0v) is 42.4. The number of nitrogens with zero attached hydrogens (tertiary/aromatic N) is 6. The minimum Gasteiger partial charge on any atom is -0.475 e. The van der Waals surface area contributed by atoms with Gasteiger partial charge in [-0.25, -0.2) is 14.8 Å². The van der Waals surface area contributed by atoms with Gasteiger partial charge in [-0.3, -0.25) is 14.4 Å². The third-order valence-electron chi connectivity index (χ3n) is 10.9. The number of carbonyl (C=O) groups is 4. The van der Waals surface area contributed by atoms with Crippen LogP contribution in [0, 0.1) is 13.8 Å². The van der Waals surface area contributed by atoms with Crippen LogP contribution in [0.3, 0.4) is 0 Å². The van der Waals surface area contributed by atoms with Crippen LogP contribution in [0.5, 0.6) is 0 Å². The van der Waals surface area contributed by atoms with Crippen molar-refractivity contribution in [2.75, 3.05) is 29.7 Å². The zero-order chi connectivity index (χ0) is 48.6. The van der Waals surface area contributed by atoms with E-state index in [0.29, 0.717) is 42.4 Å². The Morgan fingerprint density at radius 1 is 0.631 bits per heavy atom. The number of anilines is 2. The van der Waals surface area contributed by atoms with E-state index < -0.39 is 5.97 Å². The molecule has 4 aromatic heterocycles. The van der Waals surface area contributed by atoms with E-state index in [1.807, 2.05) is 100 Å². The van der Waals surface area contributed by atoms with Crippen LogP contribution in [0.1, 0.15) is 93.9 Å². The lowest BCUT2D eigenvalue weighted by Crippen LogP contribution is -2.34. The Morgan fingerprint density at radius 2 is 1.02 bits per heavy atom. The minimum absolute atomic E-state index is 0.0324. The molecule has 0 fully saturated rings. The molecule has 2 unspecified atom stereocenters. The second-order valence-corrected chi connectivity index (χ2v) is 24.1. The molecule has 0 spiro atoms. The Bertz CT molecular complexity index is 2710. The molecule has 2 aromatic carbocycles. The van der Waals surface area contributed by atoms with Crippen LogP contribution in [0.15, 0.2) is 85.5 Å². The van der Waals surface area contributed by atoms with Crippen LogP contribution < -0.4 is 16.4 Å². The molecule has 14 nitrogen and oxygen atoms in total. The van der Waals surface area contributed by atoms with E-state index in [1.54, 1.807) is 47.1 Å². The summed E-state index contributed by atoms with van der Waals surface area (Å²) < 4.78 is 6.61. The van der Waals surface area contributed by atoms with Gasteiger partial charge in [0.1, 0.15) is 11.4 Å². The molecule has 5 N–H and O–H groups in total. The van der Waals surface area contributed by atoms with Crippen molar-refractivity contribution in [2.24, 2.45) is 33.9 Å². The maximum atomic E-state index is 12.9. The van der Waals surface area contributed by atoms with Gasteiger partial charge in [0, 0.05) is 86.6 Å². The summed E-state index contributed by atoms with van der Waals surface area (Å²) in [6.45, 7) is 13.1. The van der Waals surface area contributed by atoms with Crippen molar-refractivity contribution in [1.82, 2.24) is 28.2 Å². The number of hydrogen-bond donors (Lipinski definition) is 4. The Labute approximate surface area is 396 Å². The fraction of sp³-hybridized carbons (Fsp3) is 0.362. The van der Waals surface area contributed by atoms with E-state index in [2.05, 4.69) is 48.3 Å². The van der Waals surface area contributed by atoms with Crippen LogP contribution in [0.2, 0.25) is 0 Å². The molecule has 0 aliphatic rings. The van der Waals surface area contributed by atoms with Gasteiger partial charge in [-0.1, -0.05) is 95.9 Å². The smallest absolute Gasteiger partial charge is 0.372 e. The summed E-state index contributed by atoms with van der Waals surface area (Å²) >= 11 is 10.5. The van der Waals surface area contributed by atoms with Gasteiger partial charge in [-0.2, -0.15) is 0 Å². The first kappa shape index (κ1) is 52.2. The van der Waals surface area contributed by atoms with Crippen molar-refractivity contribution >= 4 is 76.5 Å². The Morgan fingerprint density at radius 3 is 1.35 bits per heavy atom. The molecule has 0 aliphatic carbocycles. The third kappa shape index (κ3) is 14.0. The second kappa shape index (κ2) is 22.2. The highest BCUT2D eigenvalue weighted by Gasteiger charge is 2.24. The Hall–Kier alpha value is -5.40. The van der Waals surface area contributed by atoms with E-state index in [4.69, 9.17) is 33.2 Å². The molecule has 0 aliphatic heterocycles. The first-order chi connectivity index (χ1) is 30.3. The summed E-state index contributed by atoms with van der Waals surface area (Å²) in [5.74, 6) is -1.07. The SMILES string of the molecule is CS(=S)C(C)(C)CN.Cc1ccc(-c2cc(C(=O)Nc3cn(C)c(C(=O)CCC(C)(C)S(C)=S)n3)n(C)c2)cc1.Cc1ccc(-c2cc(C(=O)Nc3cn(C)c(C(=O)O)n3)n(C)c2)cc1. The summed E-state index contributed by atoms with van der Waals surface area (Å²) in [6, 6.07) is 19.9. The predicted molar refractivity (Wildman–Crippen MR) is 273 cm³/mol. The summed E-state index contributed by atoms with van der Waals surface area (Å²) in [5, 5.41) is 14.5. The number of benzene rings is 2. The van der Waals surface area contributed by atoms with E-state index in [9.17, 15) is 19.2 Å².